The molecule has 0 saturated carbocycles. The number of amides is 1. The van der Waals surface area contributed by atoms with Crippen LogP contribution in [0.2, 0.25) is 0 Å². The van der Waals surface area contributed by atoms with E-state index in [1.165, 1.54) is 5.56 Å². The predicted octanol–water partition coefficient (Wildman–Crippen LogP) is 3.63. The van der Waals surface area contributed by atoms with Gasteiger partial charge in [-0.2, -0.15) is 0 Å². The van der Waals surface area contributed by atoms with Gasteiger partial charge in [-0.25, -0.2) is 0 Å². The number of hydrogen-bond acceptors (Lipinski definition) is 5. The number of nitrogens with zero attached hydrogens (tertiary/aromatic N) is 2. The van der Waals surface area contributed by atoms with E-state index in [0.717, 1.165) is 29.8 Å². The highest BCUT2D eigenvalue weighted by Gasteiger charge is 2.07. The molecular weight excluding hydrogens is 352 g/mol. The second kappa shape index (κ2) is 9.50. The average molecular weight is 376 g/mol. The van der Waals surface area contributed by atoms with Crippen LogP contribution in [0.15, 0.2) is 60.7 Å². The summed E-state index contributed by atoms with van der Waals surface area (Å²) in [4.78, 5) is 12.2. The van der Waals surface area contributed by atoms with Crippen LogP contribution < -0.4 is 15.4 Å². The first-order valence-corrected chi connectivity index (χ1v) is 9.19. The molecule has 0 aliphatic carbocycles. The molecular formula is C22H24N4O2. The Balaban J connectivity index is 1.48. The molecule has 1 heterocycles. The summed E-state index contributed by atoms with van der Waals surface area (Å²) < 4.78 is 5.23. The number of nitrogens with one attached hydrogen (secondary N) is 2. The zero-order valence-corrected chi connectivity index (χ0v) is 16.1. The summed E-state index contributed by atoms with van der Waals surface area (Å²) in [7, 11) is 1.66. The molecule has 6 heteroatoms. The lowest BCUT2D eigenvalue weighted by molar-refractivity contribution is -0.115. The summed E-state index contributed by atoms with van der Waals surface area (Å²) in [5.74, 6) is 1.85. The monoisotopic (exact) mass is 376 g/mol. The number of benzene rings is 2. The first kappa shape index (κ1) is 19.4. The minimum atomic E-state index is -0.109. The molecule has 144 valence electrons. The maximum absolute atomic E-state index is 12.2. The molecule has 2 aromatic carbocycles. The van der Waals surface area contributed by atoms with Gasteiger partial charge in [0.05, 0.1) is 13.5 Å². The largest absolute Gasteiger partial charge is 0.497 e. The fraction of sp³-hybridized carbons (Fsp3) is 0.227. The fourth-order valence-corrected chi connectivity index (χ4v) is 2.82. The van der Waals surface area contributed by atoms with Gasteiger partial charge in [0.1, 0.15) is 11.6 Å². The van der Waals surface area contributed by atoms with Crippen molar-refractivity contribution < 1.29 is 9.53 Å². The Labute approximate surface area is 165 Å². The Kier molecular flexibility index (Phi) is 6.57. The highest BCUT2D eigenvalue weighted by Crippen LogP contribution is 2.14. The van der Waals surface area contributed by atoms with Gasteiger partial charge in [-0.1, -0.05) is 36.4 Å². The van der Waals surface area contributed by atoms with E-state index < -0.39 is 0 Å². The van der Waals surface area contributed by atoms with Gasteiger partial charge in [0, 0.05) is 6.54 Å². The van der Waals surface area contributed by atoms with Gasteiger partial charge in [-0.05, 0) is 54.3 Å². The number of ether oxygens (including phenoxy) is 1. The highest BCUT2D eigenvalue weighted by molar-refractivity contribution is 5.91. The van der Waals surface area contributed by atoms with Gasteiger partial charge in [-0.3, -0.25) is 4.79 Å². The maximum Gasteiger partial charge on any atom is 0.230 e. The molecule has 0 aliphatic heterocycles. The van der Waals surface area contributed by atoms with E-state index >= 15 is 0 Å². The zero-order valence-electron chi connectivity index (χ0n) is 16.1. The molecule has 0 fully saturated rings. The van der Waals surface area contributed by atoms with E-state index in [0.29, 0.717) is 18.1 Å². The Hall–Kier alpha value is -3.41. The van der Waals surface area contributed by atoms with Crippen molar-refractivity contribution in [1.82, 2.24) is 10.2 Å². The summed E-state index contributed by atoms with van der Waals surface area (Å²) >= 11 is 0. The number of anilines is 2. The molecule has 0 saturated heterocycles. The van der Waals surface area contributed by atoms with Crippen LogP contribution in [0.5, 0.6) is 5.75 Å². The number of carbonyl (C=O) groups is 1. The summed E-state index contributed by atoms with van der Waals surface area (Å²) in [5, 5.41) is 14.2. The maximum atomic E-state index is 12.2. The van der Waals surface area contributed by atoms with Crippen molar-refractivity contribution in [2.45, 2.75) is 19.8 Å². The smallest absolute Gasteiger partial charge is 0.230 e. The van der Waals surface area contributed by atoms with E-state index in [1.54, 1.807) is 13.2 Å². The van der Waals surface area contributed by atoms with E-state index in [-0.39, 0.29) is 5.91 Å². The summed E-state index contributed by atoms with van der Waals surface area (Å²) in [6.07, 6.45) is 1.16. The molecule has 3 aromatic rings. The van der Waals surface area contributed by atoms with Crippen LogP contribution in [-0.4, -0.2) is 29.8 Å². The van der Waals surface area contributed by atoms with E-state index in [1.807, 2.05) is 55.5 Å². The Bertz CT molecular complexity index is 926. The molecule has 0 radical (unpaired) electrons. The van der Waals surface area contributed by atoms with Crippen LogP contribution in [0.25, 0.3) is 0 Å². The van der Waals surface area contributed by atoms with E-state index in [4.69, 9.17) is 4.74 Å². The highest BCUT2D eigenvalue weighted by atomic mass is 16.5. The van der Waals surface area contributed by atoms with Crippen molar-refractivity contribution in [3.63, 3.8) is 0 Å². The number of aryl methyl sites for hydroxylation is 1. The molecule has 6 nitrogen and oxygen atoms in total. The van der Waals surface area contributed by atoms with E-state index in [2.05, 4.69) is 26.9 Å². The molecule has 0 unspecified atom stereocenters. The van der Waals surface area contributed by atoms with Crippen LogP contribution in [0, 0.1) is 6.92 Å². The molecule has 1 amide bonds. The van der Waals surface area contributed by atoms with Crippen LogP contribution in [0.4, 0.5) is 11.6 Å². The number of rotatable bonds is 8. The molecule has 0 atom stereocenters. The minimum absolute atomic E-state index is 0.109. The predicted molar refractivity (Wildman–Crippen MR) is 111 cm³/mol. The first-order chi connectivity index (χ1) is 13.6. The lowest BCUT2D eigenvalue weighted by atomic mass is 10.1. The number of carbonyl (C=O) groups excluding carboxylic acids is 1. The fourth-order valence-electron chi connectivity index (χ4n) is 2.82. The van der Waals surface area contributed by atoms with Gasteiger partial charge in [-0.15, -0.1) is 10.2 Å². The third kappa shape index (κ3) is 5.54. The third-order valence-corrected chi connectivity index (χ3v) is 4.40. The van der Waals surface area contributed by atoms with Gasteiger partial charge < -0.3 is 15.4 Å². The van der Waals surface area contributed by atoms with Gasteiger partial charge in [0.2, 0.25) is 5.91 Å². The van der Waals surface area contributed by atoms with Crippen molar-refractivity contribution in [3.8, 4) is 5.75 Å². The molecule has 28 heavy (non-hydrogen) atoms. The summed E-state index contributed by atoms with van der Waals surface area (Å²) in [5.41, 5.74) is 3.28. The minimum Gasteiger partial charge on any atom is -0.497 e. The Morgan fingerprint density at radius 3 is 2.54 bits per heavy atom. The molecule has 1 aromatic heterocycles. The SMILES string of the molecule is COc1cccc(CCNc2ccc(NC(=O)Cc3ccccc3C)nn2)c1. The van der Waals surface area contributed by atoms with Crippen molar-refractivity contribution in [3.05, 3.63) is 77.4 Å². The first-order valence-electron chi connectivity index (χ1n) is 9.19. The van der Waals surface area contributed by atoms with Crippen LogP contribution in [0.3, 0.4) is 0 Å². The van der Waals surface area contributed by atoms with Gasteiger partial charge in [0.15, 0.2) is 5.82 Å². The normalized spacial score (nSPS) is 10.4. The average Bonchev–Trinajstić information content (AvgIpc) is 2.71. The quantitative estimate of drug-likeness (QED) is 0.628. The molecule has 3 rings (SSSR count). The molecule has 0 aliphatic rings. The van der Waals surface area contributed by atoms with Crippen molar-refractivity contribution in [1.29, 1.82) is 0 Å². The van der Waals surface area contributed by atoms with Crippen LogP contribution in [0.1, 0.15) is 16.7 Å². The Morgan fingerprint density at radius 2 is 1.79 bits per heavy atom. The second-order valence-corrected chi connectivity index (χ2v) is 6.48. The van der Waals surface area contributed by atoms with Crippen LogP contribution in [-0.2, 0) is 17.6 Å². The van der Waals surface area contributed by atoms with Crippen LogP contribution >= 0.6 is 0 Å². The summed E-state index contributed by atoms with van der Waals surface area (Å²) in [6, 6.07) is 19.4. The van der Waals surface area contributed by atoms with E-state index in [9.17, 15) is 4.79 Å². The Morgan fingerprint density at radius 1 is 1.00 bits per heavy atom. The molecule has 0 bridgehead atoms. The lowest BCUT2D eigenvalue weighted by Gasteiger charge is -2.08. The number of aromatic nitrogens is 2. The lowest BCUT2D eigenvalue weighted by Crippen LogP contribution is -2.16. The summed E-state index contributed by atoms with van der Waals surface area (Å²) in [6.45, 7) is 2.72. The topological polar surface area (TPSA) is 76.1 Å². The van der Waals surface area contributed by atoms with Crippen molar-refractivity contribution in [2.75, 3.05) is 24.3 Å². The van der Waals surface area contributed by atoms with Gasteiger partial charge >= 0.3 is 0 Å². The standard InChI is InChI=1S/C22H24N4O2/c1-16-6-3-4-8-18(16)15-22(27)24-21-11-10-20(25-26-21)23-13-12-17-7-5-9-19(14-17)28-2/h3-11,14H,12-13,15H2,1-2H3,(H,23,25)(H,24,26,27). The number of methoxy groups -OCH3 is 1. The molecule has 2 N–H and O–H groups in total. The number of hydrogen-bond donors (Lipinski definition) is 2. The van der Waals surface area contributed by atoms with Gasteiger partial charge in [0.25, 0.3) is 0 Å². The van der Waals surface area contributed by atoms with Crippen molar-refractivity contribution >= 4 is 17.5 Å². The third-order valence-electron chi connectivity index (χ3n) is 4.40. The second-order valence-electron chi connectivity index (χ2n) is 6.48. The molecule has 0 spiro atoms. The van der Waals surface area contributed by atoms with Crippen molar-refractivity contribution in [2.24, 2.45) is 0 Å². The zero-order chi connectivity index (χ0) is 19.8.